The van der Waals surface area contributed by atoms with Crippen LogP contribution in [0.3, 0.4) is 0 Å². The number of morpholine rings is 1. The van der Waals surface area contributed by atoms with Crippen LogP contribution in [-0.2, 0) is 19.1 Å². The molecule has 2 saturated heterocycles. The average molecular weight is 365 g/mol. The normalized spacial score (nSPS) is 27.5. The van der Waals surface area contributed by atoms with Crippen LogP contribution >= 0.6 is 0 Å². The Labute approximate surface area is 155 Å². The highest BCUT2D eigenvalue weighted by Crippen LogP contribution is 2.37. The van der Waals surface area contributed by atoms with Gasteiger partial charge in [-0.2, -0.15) is 0 Å². The van der Waals surface area contributed by atoms with Gasteiger partial charge in [0.2, 0.25) is 17.7 Å². The van der Waals surface area contributed by atoms with Crippen LogP contribution in [0.4, 0.5) is 0 Å². The van der Waals surface area contributed by atoms with Crippen molar-refractivity contribution >= 4 is 17.7 Å². The minimum Gasteiger partial charge on any atom is -0.379 e. The predicted molar refractivity (Wildman–Crippen MR) is 96.3 cm³/mol. The van der Waals surface area contributed by atoms with Crippen LogP contribution in [0.25, 0.3) is 0 Å². The number of imide groups is 1. The van der Waals surface area contributed by atoms with E-state index in [-0.39, 0.29) is 48.1 Å². The lowest BCUT2D eigenvalue weighted by molar-refractivity contribution is -0.140. The number of carbonyl (C=O) groups excluding carboxylic acids is 3. The van der Waals surface area contributed by atoms with Crippen LogP contribution in [0.1, 0.15) is 46.0 Å². The second-order valence-electron chi connectivity index (χ2n) is 8.26. The zero-order chi connectivity index (χ0) is 18.7. The minimum atomic E-state index is -0.145. The number of fused-ring (bicyclic) bond motifs is 1. The molecule has 3 fully saturated rings. The Balaban J connectivity index is 1.45. The highest BCUT2D eigenvalue weighted by molar-refractivity contribution is 6.05. The van der Waals surface area contributed by atoms with E-state index in [1.807, 2.05) is 0 Å². The summed E-state index contributed by atoms with van der Waals surface area (Å²) in [6, 6.07) is 0. The van der Waals surface area contributed by atoms with Gasteiger partial charge in [-0.05, 0) is 26.7 Å². The van der Waals surface area contributed by atoms with Gasteiger partial charge in [-0.15, -0.1) is 0 Å². The molecular weight excluding hydrogens is 334 g/mol. The number of hydrogen-bond acceptors (Lipinski definition) is 5. The van der Waals surface area contributed by atoms with E-state index in [2.05, 4.69) is 24.1 Å². The molecule has 7 nitrogen and oxygen atoms in total. The molecule has 1 saturated carbocycles. The molecule has 0 unspecified atom stereocenters. The Morgan fingerprint density at radius 3 is 2.27 bits per heavy atom. The number of likely N-dealkylation sites (tertiary alicyclic amines) is 1. The van der Waals surface area contributed by atoms with E-state index in [0.29, 0.717) is 6.54 Å². The number of nitrogens with zero attached hydrogens (tertiary/aromatic N) is 2. The molecule has 0 aromatic carbocycles. The Hall–Kier alpha value is -1.47. The summed E-state index contributed by atoms with van der Waals surface area (Å²) in [6.07, 6.45) is 3.84. The SMILES string of the molecule is CC(C)(CNC(=O)CCN1C(=O)[C@H]2CCCC[C@@H]2C1=O)N1CCOCC1. The largest absolute Gasteiger partial charge is 0.379 e. The summed E-state index contributed by atoms with van der Waals surface area (Å²) in [4.78, 5) is 40.8. The second-order valence-corrected chi connectivity index (χ2v) is 8.26. The maximum Gasteiger partial charge on any atom is 0.233 e. The second kappa shape index (κ2) is 8.05. The molecule has 2 aliphatic heterocycles. The molecule has 7 heteroatoms. The number of hydrogen-bond donors (Lipinski definition) is 1. The minimum absolute atomic E-state index is 0.0684. The van der Waals surface area contributed by atoms with Crippen LogP contribution in [-0.4, -0.2) is 72.5 Å². The highest BCUT2D eigenvalue weighted by atomic mass is 16.5. The molecule has 26 heavy (non-hydrogen) atoms. The van der Waals surface area contributed by atoms with Crippen LogP contribution in [0.2, 0.25) is 0 Å². The van der Waals surface area contributed by atoms with Gasteiger partial charge in [-0.25, -0.2) is 0 Å². The summed E-state index contributed by atoms with van der Waals surface area (Å²) in [7, 11) is 0. The zero-order valence-corrected chi connectivity index (χ0v) is 16.0. The molecule has 2 heterocycles. The predicted octanol–water partition coefficient (Wildman–Crippen LogP) is 0.779. The number of carbonyl (C=O) groups is 3. The molecule has 3 rings (SSSR count). The van der Waals surface area contributed by atoms with Gasteiger partial charge in [0.1, 0.15) is 0 Å². The smallest absolute Gasteiger partial charge is 0.233 e. The summed E-state index contributed by atoms with van der Waals surface area (Å²) < 4.78 is 5.38. The van der Waals surface area contributed by atoms with Crippen LogP contribution in [0, 0.1) is 11.8 Å². The summed E-state index contributed by atoms with van der Waals surface area (Å²) in [6.45, 7) is 8.13. The van der Waals surface area contributed by atoms with Crippen molar-refractivity contribution in [1.82, 2.24) is 15.1 Å². The van der Waals surface area contributed by atoms with E-state index in [9.17, 15) is 14.4 Å². The van der Waals surface area contributed by atoms with Crippen LogP contribution < -0.4 is 5.32 Å². The summed E-state index contributed by atoms with van der Waals surface area (Å²) in [5.74, 6) is -0.525. The Bertz CT molecular complexity index is 533. The fourth-order valence-electron chi connectivity index (χ4n) is 4.35. The van der Waals surface area contributed by atoms with Crippen molar-refractivity contribution < 1.29 is 19.1 Å². The van der Waals surface area contributed by atoms with Gasteiger partial charge in [0, 0.05) is 38.1 Å². The monoisotopic (exact) mass is 365 g/mol. The number of rotatable bonds is 6. The van der Waals surface area contributed by atoms with E-state index in [4.69, 9.17) is 4.74 Å². The molecule has 3 amide bonds. The fourth-order valence-corrected chi connectivity index (χ4v) is 4.35. The van der Waals surface area contributed by atoms with E-state index in [1.165, 1.54) is 4.90 Å². The van der Waals surface area contributed by atoms with Gasteiger partial charge in [0.15, 0.2) is 0 Å². The molecule has 1 N–H and O–H groups in total. The third-order valence-electron chi connectivity index (χ3n) is 6.08. The standard InChI is InChI=1S/C19H31N3O4/c1-19(2,21-9-11-26-12-10-21)13-20-16(23)7-8-22-17(24)14-5-3-4-6-15(14)18(22)25/h14-15H,3-13H2,1-2H3,(H,20,23)/t14-,15-/m0/s1. The highest BCUT2D eigenvalue weighted by Gasteiger charge is 2.47. The van der Waals surface area contributed by atoms with Crippen molar-refractivity contribution in [2.45, 2.75) is 51.5 Å². The van der Waals surface area contributed by atoms with Crippen LogP contribution in [0.15, 0.2) is 0 Å². The van der Waals surface area contributed by atoms with Crippen molar-refractivity contribution in [2.75, 3.05) is 39.4 Å². The van der Waals surface area contributed by atoms with E-state index in [0.717, 1.165) is 52.0 Å². The van der Waals surface area contributed by atoms with Gasteiger partial charge in [-0.3, -0.25) is 24.2 Å². The molecule has 0 aromatic rings. The molecule has 0 bridgehead atoms. The van der Waals surface area contributed by atoms with Gasteiger partial charge in [-0.1, -0.05) is 12.8 Å². The lowest BCUT2D eigenvalue weighted by atomic mass is 9.81. The summed E-state index contributed by atoms with van der Waals surface area (Å²) >= 11 is 0. The molecule has 1 aliphatic carbocycles. The Morgan fingerprint density at radius 2 is 1.69 bits per heavy atom. The number of nitrogens with one attached hydrogen (secondary N) is 1. The lowest BCUT2D eigenvalue weighted by Crippen LogP contribution is -2.55. The summed E-state index contributed by atoms with van der Waals surface area (Å²) in [5.41, 5.74) is -0.145. The van der Waals surface area contributed by atoms with Gasteiger partial charge in [0.25, 0.3) is 0 Å². The average Bonchev–Trinajstić information content (AvgIpc) is 2.90. The topological polar surface area (TPSA) is 79.0 Å². The van der Waals surface area contributed by atoms with Gasteiger partial charge < -0.3 is 10.1 Å². The third-order valence-corrected chi connectivity index (χ3v) is 6.08. The van der Waals surface area contributed by atoms with E-state index >= 15 is 0 Å². The third kappa shape index (κ3) is 4.09. The van der Waals surface area contributed by atoms with Crippen molar-refractivity contribution in [1.29, 1.82) is 0 Å². The Kier molecular flexibility index (Phi) is 5.97. The van der Waals surface area contributed by atoms with Crippen molar-refractivity contribution in [3.8, 4) is 0 Å². The fraction of sp³-hybridized carbons (Fsp3) is 0.842. The number of amides is 3. The first kappa shape index (κ1) is 19.3. The van der Waals surface area contributed by atoms with E-state index < -0.39 is 0 Å². The quantitative estimate of drug-likeness (QED) is 0.704. The first-order valence-corrected chi connectivity index (χ1v) is 9.85. The molecule has 0 aromatic heterocycles. The van der Waals surface area contributed by atoms with Crippen molar-refractivity contribution in [2.24, 2.45) is 11.8 Å². The molecule has 2 atom stereocenters. The molecule has 3 aliphatic rings. The molecule has 146 valence electrons. The first-order chi connectivity index (χ1) is 12.4. The number of ether oxygens (including phenoxy) is 1. The molecule has 0 spiro atoms. The van der Waals surface area contributed by atoms with Crippen LogP contribution in [0.5, 0.6) is 0 Å². The molecule has 0 radical (unpaired) electrons. The zero-order valence-electron chi connectivity index (χ0n) is 16.0. The van der Waals surface area contributed by atoms with E-state index in [1.54, 1.807) is 0 Å². The van der Waals surface area contributed by atoms with Gasteiger partial charge >= 0.3 is 0 Å². The van der Waals surface area contributed by atoms with Crippen molar-refractivity contribution in [3.05, 3.63) is 0 Å². The maximum absolute atomic E-state index is 12.4. The lowest BCUT2D eigenvalue weighted by Gasteiger charge is -2.40. The Morgan fingerprint density at radius 1 is 1.12 bits per heavy atom. The van der Waals surface area contributed by atoms with Gasteiger partial charge in [0.05, 0.1) is 25.0 Å². The summed E-state index contributed by atoms with van der Waals surface area (Å²) in [5, 5.41) is 2.97. The molecular formula is C19H31N3O4. The first-order valence-electron chi connectivity index (χ1n) is 9.85. The maximum atomic E-state index is 12.4. The van der Waals surface area contributed by atoms with Crippen molar-refractivity contribution in [3.63, 3.8) is 0 Å².